The van der Waals surface area contributed by atoms with Crippen molar-refractivity contribution >= 4 is 34.4 Å². The van der Waals surface area contributed by atoms with Crippen LogP contribution >= 0.6 is 22.6 Å². The number of carbonyl (C=O) groups is 2. The van der Waals surface area contributed by atoms with Crippen LogP contribution in [-0.4, -0.2) is 35.4 Å². The van der Waals surface area contributed by atoms with Crippen LogP contribution in [0.5, 0.6) is 5.75 Å². The van der Waals surface area contributed by atoms with Gasteiger partial charge in [-0.3, -0.25) is 9.59 Å². The molecule has 0 saturated heterocycles. The second kappa shape index (κ2) is 11.2. The molecule has 2 aromatic rings. The summed E-state index contributed by atoms with van der Waals surface area (Å²) >= 11 is 2.22. The third-order valence-electron chi connectivity index (χ3n) is 4.47. The molecule has 0 aromatic heterocycles. The number of rotatable bonds is 9. The molecule has 2 rings (SSSR count). The Balaban J connectivity index is 2.18. The van der Waals surface area contributed by atoms with E-state index in [0.29, 0.717) is 18.7 Å². The van der Waals surface area contributed by atoms with Crippen molar-refractivity contribution in [1.82, 2.24) is 10.2 Å². The van der Waals surface area contributed by atoms with E-state index in [-0.39, 0.29) is 24.5 Å². The Labute approximate surface area is 187 Å². The molecule has 0 bridgehead atoms. The summed E-state index contributed by atoms with van der Waals surface area (Å²) in [5.74, 6) is 0.279. The van der Waals surface area contributed by atoms with E-state index in [9.17, 15) is 9.59 Å². The molecule has 0 radical (unpaired) electrons. The number of carbonyl (C=O) groups excluding carboxylic acids is 2. The van der Waals surface area contributed by atoms with Gasteiger partial charge in [0.15, 0.2) is 6.61 Å². The Bertz CT molecular complexity index is 804. The maximum Gasteiger partial charge on any atom is 0.261 e. The lowest BCUT2D eigenvalue weighted by atomic mass is 10.1. The van der Waals surface area contributed by atoms with E-state index < -0.39 is 6.04 Å². The van der Waals surface area contributed by atoms with Crippen LogP contribution in [0.25, 0.3) is 0 Å². The van der Waals surface area contributed by atoms with E-state index >= 15 is 0 Å². The molecule has 0 unspecified atom stereocenters. The van der Waals surface area contributed by atoms with Crippen molar-refractivity contribution in [2.75, 3.05) is 6.61 Å². The van der Waals surface area contributed by atoms with Crippen LogP contribution in [0.4, 0.5) is 0 Å². The van der Waals surface area contributed by atoms with Crippen molar-refractivity contribution in [2.45, 2.75) is 52.7 Å². The van der Waals surface area contributed by atoms with Gasteiger partial charge in [0.05, 0.1) is 0 Å². The van der Waals surface area contributed by atoms with Crippen LogP contribution in [0.3, 0.4) is 0 Å². The molecule has 0 fully saturated rings. The van der Waals surface area contributed by atoms with Gasteiger partial charge in [0.2, 0.25) is 5.91 Å². The molecular formula is C23H29IN2O3. The number of ether oxygens (including phenoxy) is 1. The summed E-state index contributed by atoms with van der Waals surface area (Å²) in [6.45, 7) is 8.01. The minimum absolute atomic E-state index is 0.0101. The molecule has 5 nitrogen and oxygen atoms in total. The van der Waals surface area contributed by atoms with E-state index in [1.165, 1.54) is 0 Å². The molecule has 0 aliphatic rings. The smallest absolute Gasteiger partial charge is 0.261 e. The molecule has 6 heteroatoms. The standard InChI is InChI=1S/C23H29IN2O3/c1-5-21(23(28)25-16(2)3)26(14-18-8-6-17(4)7-9-18)22(27)15-29-20-12-10-19(24)11-13-20/h6-13,16,21H,5,14-15H2,1-4H3,(H,25,28)/t21-/m0/s1. The number of halogens is 1. The molecule has 156 valence electrons. The van der Waals surface area contributed by atoms with Gasteiger partial charge >= 0.3 is 0 Å². The first-order valence-electron chi connectivity index (χ1n) is 9.84. The Hall–Kier alpha value is -2.09. The lowest BCUT2D eigenvalue weighted by molar-refractivity contribution is -0.143. The second-order valence-corrected chi connectivity index (χ2v) is 8.58. The second-order valence-electron chi connectivity index (χ2n) is 7.34. The van der Waals surface area contributed by atoms with Crippen molar-refractivity contribution in [3.63, 3.8) is 0 Å². The number of nitrogens with one attached hydrogen (secondary N) is 1. The fourth-order valence-electron chi connectivity index (χ4n) is 2.95. The van der Waals surface area contributed by atoms with Gasteiger partial charge in [0.1, 0.15) is 11.8 Å². The zero-order chi connectivity index (χ0) is 21.4. The summed E-state index contributed by atoms with van der Waals surface area (Å²) in [6, 6.07) is 15.0. The van der Waals surface area contributed by atoms with Crippen LogP contribution in [0.2, 0.25) is 0 Å². The minimum Gasteiger partial charge on any atom is -0.484 e. The molecule has 1 atom stereocenters. The molecule has 0 saturated carbocycles. The quantitative estimate of drug-likeness (QED) is 0.514. The summed E-state index contributed by atoms with van der Waals surface area (Å²) in [4.78, 5) is 27.4. The van der Waals surface area contributed by atoms with Crippen LogP contribution in [0, 0.1) is 10.5 Å². The van der Waals surface area contributed by atoms with Gasteiger partial charge in [-0.15, -0.1) is 0 Å². The first-order chi connectivity index (χ1) is 13.8. The van der Waals surface area contributed by atoms with Gasteiger partial charge in [-0.05, 0) is 79.6 Å². The Morgan fingerprint density at radius 2 is 1.69 bits per heavy atom. The molecule has 2 amide bonds. The van der Waals surface area contributed by atoms with Gasteiger partial charge in [0, 0.05) is 16.2 Å². The summed E-state index contributed by atoms with van der Waals surface area (Å²) < 4.78 is 6.79. The molecule has 0 aliphatic heterocycles. The molecule has 2 aromatic carbocycles. The highest BCUT2D eigenvalue weighted by Crippen LogP contribution is 2.16. The number of hydrogen-bond donors (Lipinski definition) is 1. The molecular weight excluding hydrogens is 479 g/mol. The van der Waals surface area contributed by atoms with Gasteiger partial charge in [-0.25, -0.2) is 0 Å². The Morgan fingerprint density at radius 1 is 1.07 bits per heavy atom. The predicted molar refractivity (Wildman–Crippen MR) is 124 cm³/mol. The summed E-state index contributed by atoms with van der Waals surface area (Å²) in [5.41, 5.74) is 2.13. The van der Waals surface area contributed by atoms with Gasteiger partial charge in [-0.1, -0.05) is 36.8 Å². The van der Waals surface area contributed by atoms with Gasteiger partial charge in [-0.2, -0.15) is 0 Å². The molecule has 0 heterocycles. The molecule has 29 heavy (non-hydrogen) atoms. The zero-order valence-electron chi connectivity index (χ0n) is 17.4. The lowest BCUT2D eigenvalue weighted by Crippen LogP contribution is -2.51. The van der Waals surface area contributed by atoms with E-state index in [4.69, 9.17) is 4.74 Å². The van der Waals surface area contributed by atoms with Crippen LogP contribution < -0.4 is 10.1 Å². The van der Waals surface area contributed by atoms with E-state index in [2.05, 4.69) is 27.9 Å². The molecule has 0 aliphatic carbocycles. The average molecular weight is 508 g/mol. The topological polar surface area (TPSA) is 58.6 Å². The van der Waals surface area contributed by atoms with Crippen LogP contribution in [0.15, 0.2) is 48.5 Å². The number of amides is 2. The van der Waals surface area contributed by atoms with Gasteiger partial charge in [0.25, 0.3) is 5.91 Å². The average Bonchev–Trinajstić information content (AvgIpc) is 2.68. The maximum atomic E-state index is 13.1. The molecule has 1 N–H and O–H groups in total. The maximum absolute atomic E-state index is 13.1. The monoisotopic (exact) mass is 508 g/mol. The SMILES string of the molecule is CC[C@@H](C(=O)NC(C)C)N(Cc1ccc(C)cc1)C(=O)COc1ccc(I)cc1. The van der Waals surface area contributed by atoms with Crippen LogP contribution in [0.1, 0.15) is 38.3 Å². The Morgan fingerprint density at radius 3 is 2.24 bits per heavy atom. The number of benzene rings is 2. The first kappa shape index (κ1) is 23.2. The third kappa shape index (κ3) is 7.34. The van der Waals surface area contributed by atoms with Crippen LogP contribution in [-0.2, 0) is 16.1 Å². The third-order valence-corrected chi connectivity index (χ3v) is 5.19. The summed E-state index contributed by atoms with van der Waals surface area (Å²) in [5, 5.41) is 2.93. The lowest BCUT2D eigenvalue weighted by Gasteiger charge is -2.31. The van der Waals surface area contributed by atoms with E-state index in [0.717, 1.165) is 14.7 Å². The largest absolute Gasteiger partial charge is 0.484 e. The highest BCUT2D eigenvalue weighted by molar-refractivity contribution is 14.1. The first-order valence-corrected chi connectivity index (χ1v) is 10.9. The molecule has 0 spiro atoms. The van der Waals surface area contributed by atoms with Gasteiger partial charge < -0.3 is 15.0 Å². The van der Waals surface area contributed by atoms with Crippen molar-refractivity contribution in [3.05, 3.63) is 63.2 Å². The Kier molecular flexibility index (Phi) is 8.95. The van der Waals surface area contributed by atoms with Crippen molar-refractivity contribution in [2.24, 2.45) is 0 Å². The number of nitrogens with zero attached hydrogens (tertiary/aromatic N) is 1. The highest BCUT2D eigenvalue weighted by atomic mass is 127. The van der Waals surface area contributed by atoms with Crippen molar-refractivity contribution < 1.29 is 14.3 Å². The van der Waals surface area contributed by atoms with E-state index in [1.807, 2.05) is 76.2 Å². The fourth-order valence-corrected chi connectivity index (χ4v) is 3.31. The summed E-state index contributed by atoms with van der Waals surface area (Å²) in [6.07, 6.45) is 0.527. The summed E-state index contributed by atoms with van der Waals surface area (Å²) in [7, 11) is 0. The zero-order valence-corrected chi connectivity index (χ0v) is 19.6. The number of aryl methyl sites for hydroxylation is 1. The fraction of sp³-hybridized carbons (Fsp3) is 0.391. The minimum atomic E-state index is -0.550. The van der Waals surface area contributed by atoms with Crippen molar-refractivity contribution in [1.29, 1.82) is 0 Å². The van der Waals surface area contributed by atoms with E-state index in [1.54, 1.807) is 4.90 Å². The predicted octanol–water partition coefficient (Wildman–Crippen LogP) is 4.31. The van der Waals surface area contributed by atoms with Crippen molar-refractivity contribution in [3.8, 4) is 5.75 Å². The normalized spacial score (nSPS) is 11.8. The highest BCUT2D eigenvalue weighted by Gasteiger charge is 2.29. The number of hydrogen-bond acceptors (Lipinski definition) is 3.